The molecule has 12 nitrogen and oxygen atoms in total. The Morgan fingerprint density at radius 3 is 2.71 bits per heavy atom. The molecular formula is C25H27F5N8O4. The summed E-state index contributed by atoms with van der Waals surface area (Å²) in [5.41, 5.74) is 0.904. The maximum absolute atomic E-state index is 14.0. The van der Waals surface area contributed by atoms with Crippen LogP contribution in [-0.4, -0.2) is 80.2 Å². The molecule has 226 valence electrons. The summed E-state index contributed by atoms with van der Waals surface area (Å²) in [6, 6.07) is -3.12. The fourth-order valence-electron chi connectivity index (χ4n) is 5.30. The van der Waals surface area contributed by atoms with E-state index < -0.39 is 54.6 Å². The molecule has 17 heteroatoms. The van der Waals surface area contributed by atoms with Crippen LogP contribution in [0.1, 0.15) is 65.2 Å². The topological polar surface area (TPSA) is 140 Å². The van der Waals surface area contributed by atoms with E-state index in [-0.39, 0.29) is 49.3 Å². The average Bonchev–Trinajstić information content (AvgIpc) is 3.68. The lowest BCUT2D eigenvalue weighted by molar-refractivity contribution is -0.150. The molecule has 4 heterocycles. The second-order valence-corrected chi connectivity index (χ2v) is 10.3. The number of fused-ring (bicyclic) bond motifs is 1. The van der Waals surface area contributed by atoms with Crippen molar-refractivity contribution in [2.24, 2.45) is 5.92 Å². The Bertz CT molecular complexity index is 1460. The van der Waals surface area contributed by atoms with E-state index in [0.29, 0.717) is 11.3 Å². The van der Waals surface area contributed by atoms with Crippen LogP contribution in [0.5, 0.6) is 0 Å². The van der Waals surface area contributed by atoms with E-state index >= 15 is 0 Å². The van der Waals surface area contributed by atoms with Gasteiger partial charge in [-0.15, -0.1) is 0 Å². The first-order valence-electron chi connectivity index (χ1n) is 13.0. The van der Waals surface area contributed by atoms with Crippen LogP contribution in [0.15, 0.2) is 29.7 Å². The molecule has 2 N–H and O–H groups in total. The molecule has 5 rings (SSSR count). The molecule has 0 unspecified atom stereocenters. The summed E-state index contributed by atoms with van der Waals surface area (Å²) in [6.07, 6.45) is -0.947. The predicted molar refractivity (Wildman–Crippen MR) is 134 cm³/mol. The van der Waals surface area contributed by atoms with Gasteiger partial charge in [0.2, 0.25) is 5.92 Å². The highest BCUT2D eigenvalue weighted by Crippen LogP contribution is 2.41. The third-order valence-corrected chi connectivity index (χ3v) is 7.54. The zero-order valence-corrected chi connectivity index (χ0v) is 22.3. The monoisotopic (exact) mass is 598 g/mol. The SMILES string of the molecule is C=Cc1nonc1C(=O)N[C@H](c1cn2ncc([C@@H](COC)N3C[C@@H](C(F)(F)F)NC3=O)cc2n1)C1CCC(F)(F)CC1. The summed E-state index contributed by atoms with van der Waals surface area (Å²) in [4.78, 5) is 31.1. The van der Waals surface area contributed by atoms with Crippen molar-refractivity contribution in [2.45, 2.75) is 55.9 Å². The number of amides is 3. The summed E-state index contributed by atoms with van der Waals surface area (Å²) in [5.74, 6) is -3.88. The highest BCUT2D eigenvalue weighted by molar-refractivity contribution is 5.95. The fourth-order valence-corrected chi connectivity index (χ4v) is 5.30. The minimum atomic E-state index is -4.63. The summed E-state index contributed by atoms with van der Waals surface area (Å²) in [5, 5.41) is 16.3. The molecule has 1 saturated heterocycles. The summed E-state index contributed by atoms with van der Waals surface area (Å²) in [7, 11) is 1.35. The maximum atomic E-state index is 14.0. The Hall–Kier alpha value is -4.15. The van der Waals surface area contributed by atoms with Crippen LogP contribution in [0.2, 0.25) is 0 Å². The van der Waals surface area contributed by atoms with Crippen LogP contribution in [0.25, 0.3) is 11.7 Å². The molecule has 3 atom stereocenters. The van der Waals surface area contributed by atoms with Crippen molar-refractivity contribution < 1.29 is 40.9 Å². The standard InChI is InChI=1S/C25H27F5N8O4/c1-3-15-21(36-42-35-15)22(39)34-20(13-4-6-24(26,27)7-5-13)16-10-38-19(32-16)8-14(9-31-38)17(12-41-2)37-11-18(25(28,29)30)33-23(37)40/h3,8-10,13,17-18,20H,1,4-7,11-12H2,2H3,(H,33,40)(H,34,39)/t17-,18+,20+/m1/s1. The van der Waals surface area contributed by atoms with Crippen LogP contribution in [0.3, 0.4) is 0 Å². The van der Waals surface area contributed by atoms with E-state index in [1.54, 1.807) is 6.07 Å². The smallest absolute Gasteiger partial charge is 0.382 e. The number of hydrogen-bond donors (Lipinski definition) is 2. The molecule has 2 aliphatic rings. The average molecular weight is 599 g/mol. The number of ether oxygens (including phenoxy) is 1. The number of rotatable bonds is 9. The number of alkyl halides is 5. The van der Waals surface area contributed by atoms with Crippen molar-refractivity contribution in [3.63, 3.8) is 0 Å². The van der Waals surface area contributed by atoms with Gasteiger partial charge in [0.15, 0.2) is 11.3 Å². The minimum Gasteiger partial charge on any atom is -0.382 e. The lowest BCUT2D eigenvalue weighted by atomic mass is 9.81. The quantitative estimate of drug-likeness (QED) is 0.356. The zero-order valence-electron chi connectivity index (χ0n) is 22.3. The van der Waals surface area contributed by atoms with E-state index in [1.165, 1.54) is 30.1 Å². The Morgan fingerprint density at radius 1 is 1.33 bits per heavy atom. The van der Waals surface area contributed by atoms with Crippen molar-refractivity contribution >= 4 is 23.7 Å². The number of nitrogens with one attached hydrogen (secondary N) is 2. The number of nitrogens with zero attached hydrogens (tertiary/aromatic N) is 6. The van der Waals surface area contributed by atoms with Gasteiger partial charge >= 0.3 is 12.2 Å². The van der Waals surface area contributed by atoms with Gasteiger partial charge in [0.1, 0.15) is 11.7 Å². The van der Waals surface area contributed by atoms with E-state index in [2.05, 4.69) is 36.9 Å². The third-order valence-electron chi connectivity index (χ3n) is 7.54. The Kier molecular flexibility index (Phi) is 7.87. The van der Waals surface area contributed by atoms with Gasteiger partial charge in [-0.1, -0.05) is 6.58 Å². The van der Waals surface area contributed by atoms with E-state index in [0.717, 1.165) is 4.90 Å². The van der Waals surface area contributed by atoms with Gasteiger partial charge in [-0.25, -0.2) is 27.7 Å². The number of methoxy groups -OCH3 is 1. The number of carbonyl (C=O) groups is 2. The summed E-state index contributed by atoms with van der Waals surface area (Å²) < 4.78 is 79.0. The number of hydrogen-bond acceptors (Lipinski definition) is 8. The Labute approximate surface area is 235 Å². The molecule has 1 aliphatic carbocycles. The van der Waals surface area contributed by atoms with Gasteiger partial charge < -0.3 is 20.3 Å². The second-order valence-electron chi connectivity index (χ2n) is 10.3. The Balaban J connectivity index is 1.45. The molecule has 1 aliphatic heterocycles. The highest BCUT2D eigenvalue weighted by atomic mass is 19.4. The largest absolute Gasteiger partial charge is 0.410 e. The first-order valence-corrected chi connectivity index (χ1v) is 13.0. The molecule has 1 saturated carbocycles. The molecule has 3 amide bonds. The number of aromatic nitrogens is 5. The molecule has 42 heavy (non-hydrogen) atoms. The first kappa shape index (κ1) is 29.3. The van der Waals surface area contributed by atoms with Crippen LogP contribution in [-0.2, 0) is 4.74 Å². The van der Waals surface area contributed by atoms with Crippen molar-refractivity contribution in [1.82, 2.24) is 40.4 Å². The molecule has 3 aromatic rings. The van der Waals surface area contributed by atoms with Crippen molar-refractivity contribution in [3.8, 4) is 0 Å². The van der Waals surface area contributed by atoms with Crippen LogP contribution in [0, 0.1) is 5.92 Å². The lowest BCUT2D eigenvalue weighted by Gasteiger charge is -2.33. The normalized spacial score (nSPS) is 20.9. The van der Waals surface area contributed by atoms with Gasteiger partial charge in [-0.3, -0.25) is 4.79 Å². The van der Waals surface area contributed by atoms with Gasteiger partial charge in [0.05, 0.1) is 43.3 Å². The maximum Gasteiger partial charge on any atom is 0.410 e. The van der Waals surface area contributed by atoms with Crippen LogP contribution >= 0.6 is 0 Å². The predicted octanol–water partition coefficient (Wildman–Crippen LogP) is 3.70. The van der Waals surface area contributed by atoms with E-state index in [9.17, 15) is 31.5 Å². The van der Waals surface area contributed by atoms with Gasteiger partial charge in [-0.05, 0) is 41.2 Å². The Morgan fingerprint density at radius 2 is 2.07 bits per heavy atom. The summed E-state index contributed by atoms with van der Waals surface area (Å²) in [6.45, 7) is 2.83. The fraction of sp³-hybridized carbons (Fsp3) is 0.520. The lowest BCUT2D eigenvalue weighted by Crippen LogP contribution is -2.40. The molecule has 3 aromatic heterocycles. The number of urea groups is 1. The first-order chi connectivity index (χ1) is 19.9. The number of imidazole rings is 1. The summed E-state index contributed by atoms with van der Waals surface area (Å²) >= 11 is 0. The number of halogens is 5. The second kappa shape index (κ2) is 11.3. The van der Waals surface area contributed by atoms with Gasteiger partial charge in [-0.2, -0.15) is 18.3 Å². The van der Waals surface area contributed by atoms with E-state index in [4.69, 9.17) is 4.74 Å². The minimum absolute atomic E-state index is 0.102. The van der Waals surface area contributed by atoms with Crippen molar-refractivity contribution in [2.75, 3.05) is 20.3 Å². The van der Waals surface area contributed by atoms with E-state index in [1.807, 2.05) is 5.32 Å². The molecule has 0 aromatic carbocycles. The van der Waals surface area contributed by atoms with Crippen molar-refractivity contribution in [3.05, 3.63) is 47.7 Å². The van der Waals surface area contributed by atoms with Crippen molar-refractivity contribution in [1.29, 1.82) is 0 Å². The molecular weight excluding hydrogens is 571 g/mol. The molecule has 0 bridgehead atoms. The molecule has 2 fully saturated rings. The van der Waals surface area contributed by atoms with Crippen LogP contribution in [0.4, 0.5) is 26.7 Å². The zero-order chi connectivity index (χ0) is 30.2. The van der Waals surface area contributed by atoms with Gasteiger partial charge in [0.25, 0.3) is 5.91 Å². The molecule has 0 radical (unpaired) electrons. The highest BCUT2D eigenvalue weighted by Gasteiger charge is 2.48. The third kappa shape index (κ3) is 5.91. The van der Waals surface area contributed by atoms with Gasteiger partial charge in [0, 0.05) is 25.5 Å². The number of carbonyl (C=O) groups excluding carboxylic acids is 2. The molecule has 0 spiro atoms. The van der Waals surface area contributed by atoms with Crippen LogP contribution < -0.4 is 10.6 Å².